The number of benzene rings is 1. The second-order valence-electron chi connectivity index (χ2n) is 6.09. The highest BCUT2D eigenvalue weighted by molar-refractivity contribution is 7.17. The Balaban J connectivity index is 1.86. The number of pyridine rings is 1. The van der Waals surface area contributed by atoms with E-state index in [0.717, 1.165) is 5.69 Å². The van der Waals surface area contributed by atoms with Crippen LogP contribution in [0.5, 0.6) is 0 Å². The molecule has 0 radical (unpaired) electrons. The molecule has 0 saturated heterocycles. The molecule has 0 spiro atoms. The smallest absolute Gasteiger partial charge is 0.269 e. The van der Waals surface area contributed by atoms with E-state index >= 15 is 0 Å². The third kappa shape index (κ3) is 3.85. The van der Waals surface area contributed by atoms with Crippen LogP contribution in [0.1, 0.15) is 33.9 Å². The summed E-state index contributed by atoms with van der Waals surface area (Å²) in [5.74, 6) is -0.175. The summed E-state index contributed by atoms with van der Waals surface area (Å²) < 4.78 is 0. The molecule has 2 aromatic heterocycles. The van der Waals surface area contributed by atoms with Crippen molar-refractivity contribution in [2.75, 3.05) is 7.05 Å². The minimum absolute atomic E-state index is 0.00612. The SMILES string of the molecule is Cc1nc(-c2ccccn2)sc1C(=O)N(C)C(C)c1cccc([N+](=O)[O-])c1. The van der Waals surface area contributed by atoms with Crippen LogP contribution in [0.4, 0.5) is 5.69 Å². The summed E-state index contributed by atoms with van der Waals surface area (Å²) in [6.07, 6.45) is 1.68. The molecule has 1 amide bonds. The second kappa shape index (κ2) is 7.63. The van der Waals surface area contributed by atoms with Gasteiger partial charge in [0.2, 0.25) is 0 Å². The van der Waals surface area contributed by atoms with Crippen LogP contribution in [0.25, 0.3) is 10.7 Å². The number of carbonyl (C=O) groups excluding carboxylic acids is 1. The molecule has 1 unspecified atom stereocenters. The van der Waals surface area contributed by atoms with Crippen molar-refractivity contribution < 1.29 is 9.72 Å². The maximum Gasteiger partial charge on any atom is 0.269 e. The molecule has 1 aromatic carbocycles. The van der Waals surface area contributed by atoms with Gasteiger partial charge in [-0.3, -0.25) is 19.9 Å². The second-order valence-corrected chi connectivity index (χ2v) is 7.09. The van der Waals surface area contributed by atoms with Crippen LogP contribution in [-0.4, -0.2) is 32.7 Å². The zero-order valence-electron chi connectivity index (χ0n) is 15.1. The number of carbonyl (C=O) groups is 1. The van der Waals surface area contributed by atoms with Crippen LogP contribution in [0, 0.1) is 17.0 Å². The highest BCUT2D eigenvalue weighted by atomic mass is 32.1. The summed E-state index contributed by atoms with van der Waals surface area (Å²) in [5, 5.41) is 11.7. The van der Waals surface area contributed by atoms with Crippen molar-refractivity contribution in [2.45, 2.75) is 19.9 Å². The van der Waals surface area contributed by atoms with Gasteiger partial charge >= 0.3 is 0 Å². The molecule has 0 aliphatic rings. The standard InChI is InChI=1S/C19H18N4O3S/c1-12-17(27-18(21-12)16-9-4-5-10-20-16)19(24)22(3)13(2)14-7-6-8-15(11-14)23(25)26/h4-11,13H,1-3H3. The monoisotopic (exact) mass is 382 g/mol. The molecule has 3 rings (SSSR count). The Morgan fingerprint density at radius 1 is 1.26 bits per heavy atom. The van der Waals surface area contributed by atoms with Crippen LogP contribution >= 0.6 is 11.3 Å². The van der Waals surface area contributed by atoms with E-state index < -0.39 is 4.92 Å². The van der Waals surface area contributed by atoms with Crippen molar-refractivity contribution in [2.24, 2.45) is 0 Å². The Morgan fingerprint density at radius 2 is 2.04 bits per heavy atom. The van der Waals surface area contributed by atoms with E-state index in [1.54, 1.807) is 37.2 Å². The van der Waals surface area contributed by atoms with Gasteiger partial charge in [0.05, 0.1) is 22.4 Å². The third-order valence-electron chi connectivity index (χ3n) is 4.34. The van der Waals surface area contributed by atoms with E-state index in [4.69, 9.17) is 0 Å². The predicted octanol–water partition coefficient (Wildman–Crippen LogP) is 4.25. The number of thiazole rings is 1. The number of hydrogen-bond acceptors (Lipinski definition) is 6. The lowest BCUT2D eigenvalue weighted by atomic mass is 10.1. The molecular formula is C19H18N4O3S. The fraction of sp³-hybridized carbons (Fsp3) is 0.211. The van der Waals surface area contributed by atoms with Gasteiger partial charge in [0.25, 0.3) is 11.6 Å². The molecular weight excluding hydrogens is 364 g/mol. The lowest BCUT2D eigenvalue weighted by Crippen LogP contribution is -2.29. The van der Waals surface area contributed by atoms with Crippen LogP contribution in [0.2, 0.25) is 0 Å². The maximum atomic E-state index is 13.0. The fourth-order valence-electron chi connectivity index (χ4n) is 2.65. The van der Waals surface area contributed by atoms with Gasteiger partial charge in [-0.25, -0.2) is 4.98 Å². The molecule has 0 aliphatic heterocycles. The molecule has 0 N–H and O–H groups in total. The van der Waals surface area contributed by atoms with Crippen LogP contribution in [0.3, 0.4) is 0 Å². The van der Waals surface area contributed by atoms with E-state index in [0.29, 0.717) is 21.1 Å². The zero-order chi connectivity index (χ0) is 19.6. The van der Waals surface area contributed by atoms with Gasteiger partial charge in [0.15, 0.2) is 0 Å². The average Bonchev–Trinajstić information content (AvgIpc) is 3.08. The lowest BCUT2D eigenvalue weighted by molar-refractivity contribution is -0.384. The predicted molar refractivity (Wildman–Crippen MR) is 104 cm³/mol. The Bertz CT molecular complexity index is 988. The van der Waals surface area contributed by atoms with E-state index in [9.17, 15) is 14.9 Å². The molecule has 3 aromatic rings. The van der Waals surface area contributed by atoms with Gasteiger partial charge in [-0.1, -0.05) is 18.2 Å². The first-order valence-corrected chi connectivity index (χ1v) is 9.10. The highest BCUT2D eigenvalue weighted by Crippen LogP contribution is 2.30. The molecule has 0 bridgehead atoms. The van der Waals surface area contributed by atoms with Gasteiger partial charge < -0.3 is 4.90 Å². The molecule has 0 saturated carbocycles. The van der Waals surface area contributed by atoms with Crippen molar-refractivity contribution in [1.82, 2.24) is 14.9 Å². The average molecular weight is 382 g/mol. The molecule has 7 nitrogen and oxygen atoms in total. The van der Waals surface area contributed by atoms with Crippen LogP contribution < -0.4 is 0 Å². The van der Waals surface area contributed by atoms with Crippen LogP contribution in [-0.2, 0) is 0 Å². The maximum absolute atomic E-state index is 13.0. The number of aryl methyl sites for hydroxylation is 1. The van der Waals surface area contributed by atoms with Crippen molar-refractivity contribution in [1.29, 1.82) is 0 Å². The quantitative estimate of drug-likeness (QED) is 0.486. The summed E-state index contributed by atoms with van der Waals surface area (Å²) in [4.78, 5) is 34.4. The number of non-ortho nitro benzene ring substituents is 1. The van der Waals surface area contributed by atoms with Gasteiger partial charge in [-0.2, -0.15) is 0 Å². The molecule has 0 fully saturated rings. The Hall–Kier alpha value is -3.13. The fourth-order valence-corrected chi connectivity index (χ4v) is 3.68. The van der Waals surface area contributed by atoms with E-state index in [-0.39, 0.29) is 17.6 Å². The first-order chi connectivity index (χ1) is 12.9. The third-order valence-corrected chi connectivity index (χ3v) is 5.51. The zero-order valence-corrected chi connectivity index (χ0v) is 15.9. The first-order valence-electron chi connectivity index (χ1n) is 8.29. The van der Waals surface area contributed by atoms with Gasteiger partial charge in [0.1, 0.15) is 9.88 Å². The van der Waals surface area contributed by atoms with Crippen molar-refractivity contribution in [3.05, 3.63) is 74.9 Å². The first kappa shape index (κ1) is 18.7. The van der Waals surface area contributed by atoms with E-state index in [1.807, 2.05) is 25.1 Å². The largest absolute Gasteiger partial charge is 0.334 e. The summed E-state index contributed by atoms with van der Waals surface area (Å²) in [6.45, 7) is 3.63. The highest BCUT2D eigenvalue weighted by Gasteiger charge is 2.24. The Labute approximate surface area is 160 Å². The minimum Gasteiger partial charge on any atom is -0.334 e. The van der Waals surface area contributed by atoms with E-state index in [1.165, 1.54) is 23.5 Å². The number of nitrogens with zero attached hydrogens (tertiary/aromatic N) is 4. The number of hydrogen-bond donors (Lipinski definition) is 0. The molecule has 8 heteroatoms. The Morgan fingerprint density at radius 3 is 2.70 bits per heavy atom. The summed E-state index contributed by atoms with van der Waals surface area (Å²) in [7, 11) is 1.69. The number of rotatable bonds is 5. The molecule has 138 valence electrons. The van der Waals surface area contributed by atoms with Gasteiger partial charge in [-0.15, -0.1) is 11.3 Å². The topological polar surface area (TPSA) is 89.2 Å². The molecule has 1 atom stereocenters. The summed E-state index contributed by atoms with van der Waals surface area (Å²) in [5.41, 5.74) is 2.07. The lowest BCUT2D eigenvalue weighted by Gasteiger charge is -2.25. The molecule has 2 heterocycles. The Kier molecular flexibility index (Phi) is 5.27. The van der Waals surface area contributed by atoms with Crippen LogP contribution in [0.15, 0.2) is 48.7 Å². The van der Waals surface area contributed by atoms with E-state index in [2.05, 4.69) is 9.97 Å². The van der Waals surface area contributed by atoms with Crippen molar-refractivity contribution in [3.63, 3.8) is 0 Å². The normalized spacial score (nSPS) is 11.8. The van der Waals surface area contributed by atoms with Gasteiger partial charge in [0, 0.05) is 25.4 Å². The van der Waals surface area contributed by atoms with Gasteiger partial charge in [-0.05, 0) is 31.5 Å². The van der Waals surface area contributed by atoms with Crippen molar-refractivity contribution in [3.8, 4) is 10.7 Å². The number of aromatic nitrogens is 2. The molecule has 27 heavy (non-hydrogen) atoms. The van der Waals surface area contributed by atoms with Crippen molar-refractivity contribution >= 4 is 22.9 Å². The summed E-state index contributed by atoms with van der Waals surface area (Å²) >= 11 is 1.30. The number of amides is 1. The summed E-state index contributed by atoms with van der Waals surface area (Å²) in [6, 6.07) is 11.6. The number of nitro groups is 1. The number of nitro benzene ring substituents is 1. The minimum atomic E-state index is -0.440. The molecule has 0 aliphatic carbocycles.